The fraction of sp³-hybridized carbons (Fsp3) is 0.0870. The number of fused-ring (bicyclic) bond motifs is 3. The van der Waals surface area contributed by atoms with Gasteiger partial charge in [-0.15, -0.1) is 0 Å². The van der Waals surface area contributed by atoms with E-state index >= 15 is 4.57 Å². The lowest BCUT2D eigenvalue weighted by Gasteiger charge is -2.39. The molecule has 12 aromatic rings. The Bertz CT molecular complexity index is 3960. The first-order chi connectivity index (χ1) is 36.5. The van der Waals surface area contributed by atoms with Gasteiger partial charge in [0.25, 0.3) is 0 Å². The first-order valence-corrected chi connectivity index (χ1v) is 27.5. The maximum Gasteiger partial charge on any atom is 0.171 e. The van der Waals surface area contributed by atoms with Gasteiger partial charge in [0, 0.05) is 38.0 Å². The number of rotatable bonds is 10. The van der Waals surface area contributed by atoms with E-state index in [1.54, 1.807) is 0 Å². The van der Waals surface area contributed by atoms with Gasteiger partial charge in [-0.2, -0.15) is 0 Å². The number of aromatic nitrogens is 3. The van der Waals surface area contributed by atoms with E-state index in [1.165, 1.54) is 30.4 Å². The molecule has 0 amide bonds. The van der Waals surface area contributed by atoms with E-state index in [-0.39, 0.29) is 5.41 Å². The average molecular weight is 970 g/mol. The first kappa shape index (κ1) is 45.3. The van der Waals surface area contributed by atoms with Gasteiger partial charge in [-0.05, 0) is 96.7 Å². The highest BCUT2D eigenvalue weighted by molar-refractivity contribution is 7.85. The van der Waals surface area contributed by atoms with Crippen LogP contribution in [0.2, 0.25) is 0 Å². The first-order valence-electron chi connectivity index (χ1n) is 25.8. The quantitative estimate of drug-likeness (QED) is 0.101. The van der Waals surface area contributed by atoms with Crippen molar-refractivity contribution >= 4 is 55.4 Å². The molecule has 1 aliphatic carbocycles. The third-order valence-corrected chi connectivity index (χ3v) is 18.6. The zero-order valence-electron chi connectivity index (χ0n) is 41.0. The van der Waals surface area contributed by atoms with Crippen LogP contribution in [0.15, 0.2) is 255 Å². The third-order valence-electron chi connectivity index (χ3n) is 15.5. The highest BCUT2D eigenvalue weighted by Gasteiger charge is 2.36. The maximum absolute atomic E-state index is 15.7. The Kier molecular flexibility index (Phi) is 11.7. The molecule has 0 radical (unpaired) electrons. The van der Waals surface area contributed by atoms with Crippen molar-refractivity contribution in [1.82, 2.24) is 15.0 Å². The Hall–Kier alpha value is -8.56. The normalized spacial score (nSPS) is 13.6. The van der Waals surface area contributed by atoms with Crippen LogP contribution in [-0.4, -0.2) is 15.0 Å². The Balaban J connectivity index is 0.890. The van der Waals surface area contributed by atoms with Crippen LogP contribution in [0, 0.1) is 0 Å². The van der Waals surface area contributed by atoms with Crippen molar-refractivity contribution < 1.29 is 4.57 Å². The predicted octanol–water partition coefficient (Wildman–Crippen LogP) is 16.6. The van der Waals surface area contributed by atoms with Crippen LogP contribution in [0.3, 0.4) is 0 Å². The fourth-order valence-corrected chi connectivity index (χ4v) is 14.6. The molecule has 0 atom stereocenters. The summed E-state index contributed by atoms with van der Waals surface area (Å²) in [6.45, 7) is 0. The highest BCUT2D eigenvalue weighted by atomic mass is 31.2. The molecule has 1 fully saturated rings. The Morgan fingerprint density at radius 1 is 0.338 bits per heavy atom. The van der Waals surface area contributed by atoms with Crippen LogP contribution >= 0.6 is 7.14 Å². The van der Waals surface area contributed by atoms with Crippen LogP contribution in [-0.2, 0) is 9.98 Å². The highest BCUT2D eigenvalue weighted by Crippen LogP contribution is 2.48. The second kappa shape index (κ2) is 19.1. The van der Waals surface area contributed by atoms with Gasteiger partial charge >= 0.3 is 0 Å². The standard InChI is InChI=1S/C69H52N3OP/c73-74(57-26-7-2-8-27-57,58-28-9-3-10-29-58)64-43-42-59(62-32-15-16-33-63(62)64)49-34-38-55(39-35-49)69(44-17-4-18-45-69)56-40-36-50(37-41-56)66-70-67(54-25-19-24-51(46-54)48-20-5-1-6-21-48)72-68(71-66)65-60-30-13-11-22-52(60)47-53-23-12-14-31-61(53)65/h1-3,5-16,19-43,46-47H,4,17-18,44-45H2. The number of hydrogen-bond donors (Lipinski definition) is 0. The second-order valence-electron chi connectivity index (χ2n) is 19.7. The summed E-state index contributed by atoms with van der Waals surface area (Å²) in [5, 5.41) is 9.14. The summed E-state index contributed by atoms with van der Waals surface area (Å²) < 4.78 is 15.7. The minimum absolute atomic E-state index is 0.144. The van der Waals surface area contributed by atoms with E-state index in [0.717, 1.165) is 100 Å². The lowest BCUT2D eigenvalue weighted by molar-refractivity contribution is 0.346. The van der Waals surface area contributed by atoms with Crippen molar-refractivity contribution in [1.29, 1.82) is 0 Å². The Morgan fingerprint density at radius 2 is 0.811 bits per heavy atom. The van der Waals surface area contributed by atoms with E-state index in [2.05, 4.69) is 188 Å². The van der Waals surface area contributed by atoms with Crippen molar-refractivity contribution in [3.05, 3.63) is 266 Å². The maximum atomic E-state index is 15.7. The van der Waals surface area contributed by atoms with Gasteiger partial charge in [0.15, 0.2) is 24.6 Å². The molecule has 0 spiro atoms. The lowest BCUT2D eigenvalue weighted by Crippen LogP contribution is -2.30. The topological polar surface area (TPSA) is 55.7 Å². The summed E-state index contributed by atoms with van der Waals surface area (Å²) in [6, 6.07) is 89.4. The molecule has 0 saturated heterocycles. The van der Waals surface area contributed by atoms with E-state index in [9.17, 15) is 0 Å². The molecule has 1 aliphatic rings. The van der Waals surface area contributed by atoms with E-state index in [4.69, 9.17) is 15.0 Å². The molecular formula is C69H52N3OP. The van der Waals surface area contributed by atoms with Crippen LogP contribution in [0.25, 0.3) is 88.7 Å². The third kappa shape index (κ3) is 8.04. The number of benzene rings is 11. The van der Waals surface area contributed by atoms with E-state index in [1.807, 2.05) is 66.7 Å². The molecule has 354 valence electrons. The summed E-state index contributed by atoms with van der Waals surface area (Å²) >= 11 is 0. The lowest BCUT2D eigenvalue weighted by atomic mass is 9.65. The molecular weight excluding hydrogens is 918 g/mol. The average Bonchev–Trinajstić information content (AvgIpc) is 3.49. The van der Waals surface area contributed by atoms with Crippen molar-refractivity contribution in [2.75, 3.05) is 0 Å². The van der Waals surface area contributed by atoms with Crippen molar-refractivity contribution in [2.45, 2.75) is 37.5 Å². The summed E-state index contributed by atoms with van der Waals surface area (Å²) in [5.41, 5.74) is 9.91. The van der Waals surface area contributed by atoms with Gasteiger partial charge in [0.05, 0.1) is 0 Å². The molecule has 13 rings (SSSR count). The van der Waals surface area contributed by atoms with Gasteiger partial charge in [-0.3, -0.25) is 0 Å². The van der Waals surface area contributed by atoms with Gasteiger partial charge in [0.1, 0.15) is 0 Å². The zero-order valence-corrected chi connectivity index (χ0v) is 41.9. The molecule has 5 heteroatoms. The zero-order chi connectivity index (χ0) is 49.5. The molecule has 11 aromatic carbocycles. The molecule has 1 heterocycles. The molecule has 0 N–H and O–H groups in total. The number of nitrogens with zero attached hydrogens (tertiary/aromatic N) is 3. The Labute approximate surface area is 432 Å². The van der Waals surface area contributed by atoms with Gasteiger partial charge in [-0.1, -0.05) is 256 Å². The van der Waals surface area contributed by atoms with Crippen LogP contribution in [0.1, 0.15) is 43.2 Å². The summed E-state index contributed by atoms with van der Waals surface area (Å²) in [6.07, 6.45) is 5.71. The second-order valence-corrected chi connectivity index (χ2v) is 22.4. The molecule has 74 heavy (non-hydrogen) atoms. The minimum Gasteiger partial charge on any atom is -0.309 e. The molecule has 0 aliphatic heterocycles. The minimum atomic E-state index is -3.20. The smallest absolute Gasteiger partial charge is 0.171 e. The van der Waals surface area contributed by atoms with Crippen LogP contribution in [0.4, 0.5) is 0 Å². The number of hydrogen-bond acceptors (Lipinski definition) is 4. The predicted molar refractivity (Wildman–Crippen MR) is 309 cm³/mol. The van der Waals surface area contributed by atoms with Gasteiger partial charge in [0.2, 0.25) is 0 Å². The van der Waals surface area contributed by atoms with E-state index < -0.39 is 7.14 Å². The monoisotopic (exact) mass is 969 g/mol. The molecule has 4 nitrogen and oxygen atoms in total. The van der Waals surface area contributed by atoms with Crippen molar-refractivity contribution in [2.24, 2.45) is 0 Å². The van der Waals surface area contributed by atoms with Crippen LogP contribution in [0.5, 0.6) is 0 Å². The summed E-state index contributed by atoms with van der Waals surface area (Å²) in [7, 11) is -3.20. The molecule has 1 saturated carbocycles. The van der Waals surface area contributed by atoms with Crippen LogP contribution < -0.4 is 15.9 Å². The molecule has 0 bridgehead atoms. The van der Waals surface area contributed by atoms with E-state index in [0.29, 0.717) is 17.5 Å². The fourth-order valence-electron chi connectivity index (χ4n) is 11.8. The molecule has 1 aromatic heterocycles. The van der Waals surface area contributed by atoms with Crippen molar-refractivity contribution in [3.63, 3.8) is 0 Å². The molecule has 0 unspecified atom stereocenters. The van der Waals surface area contributed by atoms with Gasteiger partial charge in [-0.25, -0.2) is 15.0 Å². The Morgan fingerprint density at radius 3 is 1.42 bits per heavy atom. The van der Waals surface area contributed by atoms with Gasteiger partial charge < -0.3 is 4.57 Å². The largest absolute Gasteiger partial charge is 0.309 e. The SMILES string of the molecule is O=P(c1ccccc1)(c1ccccc1)c1ccc(-c2ccc(C3(c4ccc(-c5nc(-c6cccc(-c7ccccc7)c6)nc(-c6c7ccccc7cc7ccccc67)n5)cc4)CCCCC3)cc2)c2ccccc12. The summed E-state index contributed by atoms with van der Waals surface area (Å²) in [5.74, 6) is 1.93. The summed E-state index contributed by atoms with van der Waals surface area (Å²) in [4.78, 5) is 16.0. The van der Waals surface area contributed by atoms with Crippen molar-refractivity contribution in [3.8, 4) is 56.4 Å².